The van der Waals surface area contributed by atoms with Crippen molar-refractivity contribution >= 4 is 0 Å². The maximum atomic E-state index is 13.0. The molecule has 0 saturated carbocycles. The van der Waals surface area contributed by atoms with Gasteiger partial charge in [-0.2, -0.15) is 0 Å². The second-order valence-corrected chi connectivity index (χ2v) is 5.17. The van der Waals surface area contributed by atoms with Crippen LogP contribution in [0.5, 0.6) is 0 Å². The van der Waals surface area contributed by atoms with E-state index in [0.29, 0.717) is 5.92 Å². The second kappa shape index (κ2) is 3.60. The van der Waals surface area contributed by atoms with Gasteiger partial charge in [-0.25, -0.2) is 4.39 Å². The maximum Gasteiger partial charge on any atom is 0.123 e. The van der Waals surface area contributed by atoms with Crippen molar-refractivity contribution in [3.8, 4) is 0 Å². The number of benzene rings is 1. The van der Waals surface area contributed by atoms with Gasteiger partial charge in [0.25, 0.3) is 0 Å². The van der Waals surface area contributed by atoms with E-state index in [4.69, 9.17) is 5.73 Å². The Kier molecular flexibility index (Phi) is 2.55. The Morgan fingerprint density at radius 2 is 2.07 bits per heavy atom. The highest BCUT2D eigenvalue weighted by Crippen LogP contribution is 2.31. The molecule has 1 atom stereocenters. The summed E-state index contributed by atoms with van der Waals surface area (Å²) in [6.07, 6.45) is 3.01. The third-order valence-corrected chi connectivity index (χ3v) is 3.45. The molecule has 15 heavy (non-hydrogen) atoms. The van der Waals surface area contributed by atoms with Crippen LogP contribution in [-0.2, 0) is 12.8 Å². The van der Waals surface area contributed by atoms with Gasteiger partial charge in [0.2, 0.25) is 0 Å². The number of hydrogen-bond acceptors (Lipinski definition) is 1. The van der Waals surface area contributed by atoms with Crippen molar-refractivity contribution in [1.29, 1.82) is 0 Å². The number of rotatable bonds is 1. The van der Waals surface area contributed by atoms with Crippen LogP contribution in [0, 0.1) is 11.7 Å². The van der Waals surface area contributed by atoms with E-state index in [1.807, 2.05) is 6.07 Å². The van der Waals surface area contributed by atoms with Crippen LogP contribution in [0.15, 0.2) is 18.2 Å². The van der Waals surface area contributed by atoms with Crippen molar-refractivity contribution < 1.29 is 4.39 Å². The smallest absolute Gasteiger partial charge is 0.123 e. The monoisotopic (exact) mass is 207 g/mol. The third kappa shape index (κ3) is 2.20. The molecule has 0 bridgehead atoms. The Morgan fingerprint density at radius 3 is 2.73 bits per heavy atom. The molecule has 1 aliphatic carbocycles. The lowest BCUT2D eigenvalue weighted by molar-refractivity contribution is 0.288. The van der Waals surface area contributed by atoms with Crippen LogP contribution in [0.1, 0.15) is 31.4 Å². The summed E-state index contributed by atoms with van der Waals surface area (Å²) in [5.74, 6) is 0.384. The van der Waals surface area contributed by atoms with Crippen LogP contribution in [0.25, 0.3) is 0 Å². The Hall–Kier alpha value is -0.890. The number of nitrogens with two attached hydrogens (primary N) is 1. The lowest BCUT2D eigenvalue weighted by Gasteiger charge is -2.34. The molecule has 1 unspecified atom stereocenters. The van der Waals surface area contributed by atoms with E-state index in [1.165, 1.54) is 5.56 Å². The first-order valence-corrected chi connectivity index (χ1v) is 5.53. The van der Waals surface area contributed by atoms with Gasteiger partial charge in [0.15, 0.2) is 0 Å². The lowest BCUT2D eigenvalue weighted by Crippen LogP contribution is -2.43. The summed E-state index contributed by atoms with van der Waals surface area (Å²) in [6.45, 7) is 4.15. The molecule has 0 amide bonds. The molecule has 0 aliphatic heterocycles. The lowest BCUT2D eigenvalue weighted by atomic mass is 9.75. The number of hydrogen-bond donors (Lipinski definition) is 1. The molecule has 2 rings (SSSR count). The summed E-state index contributed by atoms with van der Waals surface area (Å²) >= 11 is 0. The largest absolute Gasteiger partial charge is 0.325 e. The summed E-state index contributed by atoms with van der Waals surface area (Å²) in [4.78, 5) is 0. The minimum Gasteiger partial charge on any atom is -0.325 e. The van der Waals surface area contributed by atoms with Crippen molar-refractivity contribution in [2.45, 2.75) is 38.6 Å². The van der Waals surface area contributed by atoms with Gasteiger partial charge in [-0.1, -0.05) is 6.07 Å². The normalized spacial score (nSPS) is 21.2. The van der Waals surface area contributed by atoms with Gasteiger partial charge >= 0.3 is 0 Å². The van der Waals surface area contributed by atoms with Crippen LogP contribution in [0.3, 0.4) is 0 Å². The highest BCUT2D eigenvalue weighted by atomic mass is 19.1. The molecule has 0 aromatic heterocycles. The Morgan fingerprint density at radius 1 is 1.33 bits per heavy atom. The zero-order valence-electron chi connectivity index (χ0n) is 9.39. The molecule has 0 spiro atoms. The Bertz CT molecular complexity index is 365. The van der Waals surface area contributed by atoms with Crippen LogP contribution in [0.2, 0.25) is 0 Å². The van der Waals surface area contributed by atoms with Gasteiger partial charge < -0.3 is 5.73 Å². The van der Waals surface area contributed by atoms with Gasteiger partial charge in [0.1, 0.15) is 5.82 Å². The maximum absolute atomic E-state index is 13.0. The van der Waals surface area contributed by atoms with Gasteiger partial charge in [-0.05, 0) is 62.3 Å². The Balaban J connectivity index is 2.24. The summed E-state index contributed by atoms with van der Waals surface area (Å²) in [7, 11) is 0. The van der Waals surface area contributed by atoms with E-state index in [1.54, 1.807) is 12.1 Å². The van der Waals surface area contributed by atoms with E-state index in [-0.39, 0.29) is 11.4 Å². The molecule has 0 fully saturated rings. The van der Waals surface area contributed by atoms with Crippen molar-refractivity contribution in [1.82, 2.24) is 0 Å². The minimum absolute atomic E-state index is 0.126. The zero-order valence-corrected chi connectivity index (χ0v) is 9.39. The van der Waals surface area contributed by atoms with Crippen LogP contribution in [-0.4, -0.2) is 5.54 Å². The fraction of sp³-hybridized carbons (Fsp3) is 0.538. The highest BCUT2D eigenvalue weighted by molar-refractivity contribution is 5.31. The van der Waals surface area contributed by atoms with E-state index in [9.17, 15) is 4.39 Å². The van der Waals surface area contributed by atoms with Gasteiger partial charge in [0.05, 0.1) is 0 Å². The summed E-state index contributed by atoms with van der Waals surface area (Å²) in [5.41, 5.74) is 8.42. The first-order chi connectivity index (χ1) is 6.97. The van der Waals surface area contributed by atoms with Crippen LogP contribution in [0.4, 0.5) is 4.39 Å². The highest BCUT2D eigenvalue weighted by Gasteiger charge is 2.28. The molecule has 1 aromatic carbocycles. The molecule has 2 N–H and O–H groups in total. The minimum atomic E-state index is -0.133. The molecular formula is C13H18FN. The van der Waals surface area contributed by atoms with E-state index in [2.05, 4.69) is 13.8 Å². The third-order valence-electron chi connectivity index (χ3n) is 3.45. The van der Waals surface area contributed by atoms with Crippen LogP contribution < -0.4 is 5.73 Å². The fourth-order valence-corrected chi connectivity index (χ4v) is 2.36. The van der Waals surface area contributed by atoms with Crippen molar-refractivity contribution in [2.24, 2.45) is 11.7 Å². The van der Waals surface area contributed by atoms with Gasteiger partial charge in [0, 0.05) is 5.54 Å². The van der Waals surface area contributed by atoms with E-state index >= 15 is 0 Å². The molecule has 0 radical (unpaired) electrons. The topological polar surface area (TPSA) is 26.0 Å². The predicted molar refractivity (Wildman–Crippen MR) is 60.2 cm³/mol. The second-order valence-electron chi connectivity index (χ2n) is 5.17. The number of fused-ring (bicyclic) bond motifs is 1. The average Bonchev–Trinajstić information content (AvgIpc) is 2.15. The average molecular weight is 207 g/mol. The van der Waals surface area contributed by atoms with E-state index < -0.39 is 0 Å². The van der Waals surface area contributed by atoms with Gasteiger partial charge in [-0.15, -0.1) is 0 Å². The van der Waals surface area contributed by atoms with E-state index in [0.717, 1.165) is 24.8 Å². The SMILES string of the molecule is CC(C)(N)C1CCc2cc(F)ccc2C1. The first-order valence-electron chi connectivity index (χ1n) is 5.53. The van der Waals surface area contributed by atoms with Crippen molar-refractivity contribution in [3.05, 3.63) is 35.1 Å². The molecule has 82 valence electrons. The molecule has 2 heteroatoms. The molecular weight excluding hydrogens is 189 g/mol. The summed E-state index contributed by atoms with van der Waals surface area (Å²) in [5, 5.41) is 0. The zero-order chi connectivity index (χ0) is 11.1. The first kappa shape index (κ1) is 10.6. The summed E-state index contributed by atoms with van der Waals surface area (Å²) in [6, 6.07) is 5.11. The molecule has 0 heterocycles. The van der Waals surface area contributed by atoms with Crippen LogP contribution >= 0.6 is 0 Å². The predicted octanol–water partition coefficient (Wildman–Crippen LogP) is 2.67. The Labute approximate surface area is 90.5 Å². The molecule has 0 saturated heterocycles. The molecule has 1 aromatic rings. The van der Waals surface area contributed by atoms with Crippen molar-refractivity contribution in [2.75, 3.05) is 0 Å². The molecule has 1 nitrogen and oxygen atoms in total. The standard InChI is InChI=1S/C13H18FN/c1-13(2,15)11-5-3-10-8-12(14)6-4-9(10)7-11/h4,6,8,11H,3,5,7,15H2,1-2H3. The quantitative estimate of drug-likeness (QED) is 0.752. The summed E-state index contributed by atoms with van der Waals surface area (Å²) < 4.78 is 13.0. The van der Waals surface area contributed by atoms with Crippen molar-refractivity contribution in [3.63, 3.8) is 0 Å². The number of aryl methyl sites for hydroxylation is 1. The van der Waals surface area contributed by atoms with Gasteiger partial charge in [-0.3, -0.25) is 0 Å². The number of halogens is 1. The molecule has 1 aliphatic rings. The fourth-order valence-electron chi connectivity index (χ4n) is 2.36.